The number of carbonyl (C=O) groups excluding carboxylic acids is 1. The van der Waals surface area contributed by atoms with Crippen molar-refractivity contribution in [2.75, 3.05) is 13.1 Å². The number of aromatic nitrogens is 1. The average molecular weight is 379 g/mol. The van der Waals surface area contributed by atoms with Gasteiger partial charge in [0.1, 0.15) is 5.01 Å². The van der Waals surface area contributed by atoms with Gasteiger partial charge in [-0.25, -0.2) is 9.98 Å². The van der Waals surface area contributed by atoms with Crippen molar-refractivity contribution < 1.29 is 18.0 Å². The lowest BCUT2D eigenvalue weighted by Gasteiger charge is -2.13. The summed E-state index contributed by atoms with van der Waals surface area (Å²) in [4.78, 5) is 19.4. The van der Waals surface area contributed by atoms with Crippen molar-refractivity contribution in [2.45, 2.75) is 52.4 Å². The van der Waals surface area contributed by atoms with Gasteiger partial charge in [0.15, 0.2) is 11.7 Å². The van der Waals surface area contributed by atoms with Crippen molar-refractivity contribution in [1.29, 1.82) is 0 Å². The molecule has 0 radical (unpaired) electrons. The Morgan fingerprint density at radius 3 is 2.64 bits per heavy atom. The van der Waals surface area contributed by atoms with Crippen LogP contribution < -0.4 is 16.0 Å². The van der Waals surface area contributed by atoms with Gasteiger partial charge in [-0.15, -0.1) is 11.3 Å². The van der Waals surface area contributed by atoms with Gasteiger partial charge in [-0.2, -0.15) is 13.2 Å². The number of guanidine groups is 1. The molecule has 6 nitrogen and oxygen atoms in total. The second kappa shape index (κ2) is 10.2. The molecular weight excluding hydrogens is 355 g/mol. The highest BCUT2D eigenvalue weighted by Crippen LogP contribution is 2.30. The van der Waals surface area contributed by atoms with Crippen LogP contribution in [0.3, 0.4) is 0 Å². The summed E-state index contributed by atoms with van der Waals surface area (Å²) >= 11 is 0.917. The van der Waals surface area contributed by atoms with E-state index < -0.39 is 11.9 Å². The summed E-state index contributed by atoms with van der Waals surface area (Å²) in [5, 5.41) is 10.1. The number of thiazole rings is 1. The summed E-state index contributed by atoms with van der Waals surface area (Å²) in [5.41, 5.74) is -0.901. The number of hydrogen-bond donors (Lipinski definition) is 3. The highest BCUT2D eigenvalue weighted by Gasteiger charge is 2.33. The molecule has 0 saturated carbocycles. The number of aliphatic imine (C=N–C) groups is 1. The predicted octanol–water partition coefficient (Wildman–Crippen LogP) is 2.52. The summed E-state index contributed by atoms with van der Waals surface area (Å²) in [7, 11) is 0. The highest BCUT2D eigenvalue weighted by molar-refractivity contribution is 7.09. The zero-order chi connectivity index (χ0) is 18.9. The first kappa shape index (κ1) is 21.2. The first-order valence-corrected chi connectivity index (χ1v) is 8.97. The molecule has 25 heavy (non-hydrogen) atoms. The quantitative estimate of drug-likeness (QED) is 0.479. The Hall–Kier alpha value is -1.84. The number of nitrogens with zero attached hydrogens (tertiary/aromatic N) is 2. The van der Waals surface area contributed by atoms with E-state index in [0.29, 0.717) is 19.0 Å². The Kier molecular flexibility index (Phi) is 8.67. The van der Waals surface area contributed by atoms with E-state index in [0.717, 1.165) is 23.1 Å². The molecule has 3 N–H and O–H groups in total. The summed E-state index contributed by atoms with van der Waals surface area (Å²) in [6.45, 7) is 6.80. The Morgan fingerprint density at radius 2 is 2.08 bits per heavy atom. The number of rotatable bonds is 8. The lowest BCUT2D eigenvalue weighted by atomic mass is 10.2. The Labute approximate surface area is 149 Å². The highest BCUT2D eigenvalue weighted by atomic mass is 32.1. The molecule has 1 aromatic heterocycles. The molecule has 0 aliphatic carbocycles. The van der Waals surface area contributed by atoms with E-state index >= 15 is 0 Å². The zero-order valence-corrected chi connectivity index (χ0v) is 15.4. The maximum Gasteiger partial charge on any atom is 0.434 e. The second-order valence-electron chi connectivity index (χ2n) is 5.37. The van der Waals surface area contributed by atoms with E-state index in [1.165, 1.54) is 0 Å². The third kappa shape index (κ3) is 8.19. The monoisotopic (exact) mass is 379 g/mol. The average Bonchev–Trinajstić information content (AvgIpc) is 3.01. The molecule has 0 fully saturated rings. The first-order chi connectivity index (χ1) is 11.8. The van der Waals surface area contributed by atoms with Crippen molar-refractivity contribution in [2.24, 2.45) is 4.99 Å². The number of amides is 1. The van der Waals surface area contributed by atoms with Crippen molar-refractivity contribution in [3.63, 3.8) is 0 Å². The van der Waals surface area contributed by atoms with Crippen LogP contribution in [0.15, 0.2) is 10.4 Å². The standard InChI is InChI=1S/C15H24F3N5OS/c1-4-10(3)22-12(24)6-7-20-14(19-5-2)21-8-13-23-11(9-25-13)15(16,17)18/h9-10H,4-8H2,1-3H3,(H,22,24)(H2,19,20,21). The van der Waals surface area contributed by atoms with Crippen LogP contribution in [0.1, 0.15) is 44.3 Å². The molecule has 1 unspecified atom stereocenters. The molecule has 0 saturated heterocycles. The van der Waals surface area contributed by atoms with Crippen LogP contribution in [-0.2, 0) is 17.5 Å². The van der Waals surface area contributed by atoms with Gasteiger partial charge in [0.25, 0.3) is 0 Å². The van der Waals surface area contributed by atoms with Gasteiger partial charge >= 0.3 is 6.18 Å². The smallest absolute Gasteiger partial charge is 0.357 e. The van der Waals surface area contributed by atoms with Gasteiger partial charge in [0.05, 0.1) is 6.54 Å². The van der Waals surface area contributed by atoms with Gasteiger partial charge in [-0.1, -0.05) is 6.92 Å². The van der Waals surface area contributed by atoms with E-state index in [1.807, 2.05) is 20.8 Å². The third-order valence-electron chi connectivity index (χ3n) is 3.22. The van der Waals surface area contributed by atoms with Gasteiger partial charge in [-0.3, -0.25) is 4.79 Å². The van der Waals surface area contributed by atoms with Crippen molar-refractivity contribution >= 4 is 23.2 Å². The summed E-state index contributed by atoms with van der Waals surface area (Å²) in [5.74, 6) is 0.370. The number of halogens is 3. The molecule has 1 amide bonds. The van der Waals surface area contributed by atoms with E-state index in [-0.39, 0.29) is 29.9 Å². The lowest BCUT2D eigenvalue weighted by molar-refractivity contribution is -0.140. The SMILES string of the molecule is CCNC(=NCc1nc(C(F)(F)F)cs1)NCCC(=O)NC(C)CC. The predicted molar refractivity (Wildman–Crippen MR) is 92.4 cm³/mol. The molecule has 10 heteroatoms. The van der Waals surface area contributed by atoms with Crippen LogP contribution >= 0.6 is 11.3 Å². The normalized spacial score (nSPS) is 13.4. The topological polar surface area (TPSA) is 78.4 Å². The van der Waals surface area contributed by atoms with Crippen molar-refractivity contribution in [3.8, 4) is 0 Å². The van der Waals surface area contributed by atoms with Crippen molar-refractivity contribution in [1.82, 2.24) is 20.9 Å². The lowest BCUT2D eigenvalue weighted by Crippen LogP contribution is -2.40. The molecule has 142 valence electrons. The number of nitrogens with one attached hydrogen (secondary N) is 3. The maximum absolute atomic E-state index is 12.5. The fourth-order valence-electron chi connectivity index (χ4n) is 1.75. The maximum atomic E-state index is 12.5. The Morgan fingerprint density at radius 1 is 1.36 bits per heavy atom. The Balaban J connectivity index is 2.51. The van der Waals surface area contributed by atoms with Crippen LogP contribution in [0.2, 0.25) is 0 Å². The van der Waals surface area contributed by atoms with Crippen LogP contribution in [0.5, 0.6) is 0 Å². The second-order valence-corrected chi connectivity index (χ2v) is 6.32. The van der Waals surface area contributed by atoms with Gasteiger partial charge in [-0.05, 0) is 20.3 Å². The van der Waals surface area contributed by atoms with Crippen LogP contribution in [-0.4, -0.2) is 36.0 Å². The fourth-order valence-corrected chi connectivity index (χ4v) is 2.47. The van der Waals surface area contributed by atoms with E-state index in [4.69, 9.17) is 0 Å². The molecule has 0 spiro atoms. The van der Waals surface area contributed by atoms with Crippen LogP contribution in [0.4, 0.5) is 13.2 Å². The third-order valence-corrected chi connectivity index (χ3v) is 4.06. The largest absolute Gasteiger partial charge is 0.434 e. The molecule has 0 aliphatic heterocycles. The zero-order valence-electron chi connectivity index (χ0n) is 14.5. The summed E-state index contributed by atoms with van der Waals surface area (Å²) < 4.78 is 37.6. The molecule has 0 aromatic carbocycles. The van der Waals surface area contributed by atoms with Crippen LogP contribution in [0.25, 0.3) is 0 Å². The molecular formula is C15H24F3N5OS. The number of carbonyl (C=O) groups is 1. The molecule has 1 aromatic rings. The minimum absolute atomic E-state index is 0.0369. The molecule has 1 rings (SSSR count). The molecule has 0 aliphatic rings. The van der Waals surface area contributed by atoms with E-state index in [9.17, 15) is 18.0 Å². The van der Waals surface area contributed by atoms with Crippen molar-refractivity contribution in [3.05, 3.63) is 16.1 Å². The van der Waals surface area contributed by atoms with Gasteiger partial charge < -0.3 is 16.0 Å². The number of hydrogen-bond acceptors (Lipinski definition) is 4. The summed E-state index contributed by atoms with van der Waals surface area (Å²) in [6.07, 6.45) is -3.30. The van der Waals surface area contributed by atoms with Gasteiger partial charge in [0, 0.05) is 30.9 Å². The molecule has 1 heterocycles. The van der Waals surface area contributed by atoms with Crippen LogP contribution in [0, 0.1) is 0 Å². The fraction of sp³-hybridized carbons (Fsp3) is 0.667. The Bertz CT molecular complexity index is 574. The van der Waals surface area contributed by atoms with Gasteiger partial charge in [0.2, 0.25) is 5.91 Å². The van der Waals surface area contributed by atoms with E-state index in [2.05, 4.69) is 25.9 Å². The first-order valence-electron chi connectivity index (χ1n) is 8.09. The van der Waals surface area contributed by atoms with E-state index in [1.54, 1.807) is 0 Å². The molecule has 1 atom stereocenters. The minimum atomic E-state index is -4.44. The minimum Gasteiger partial charge on any atom is -0.357 e. The number of alkyl halides is 3. The molecule has 0 bridgehead atoms. The summed E-state index contributed by atoms with van der Waals surface area (Å²) in [6, 6.07) is 0.127.